The molecule has 0 saturated carbocycles. The molecule has 2 amide bonds. The summed E-state index contributed by atoms with van der Waals surface area (Å²) in [5, 5.41) is 0. The molecular weight excluding hydrogens is 382 g/mol. The molecule has 1 aliphatic heterocycles. The van der Waals surface area contributed by atoms with Gasteiger partial charge in [-0.3, -0.25) is 9.59 Å². The summed E-state index contributed by atoms with van der Waals surface area (Å²) in [7, 11) is 0. The second kappa shape index (κ2) is 8.15. The monoisotopic (exact) mass is 398 g/mol. The zero-order valence-electron chi connectivity index (χ0n) is 13.9. The molecule has 1 fully saturated rings. The quantitative estimate of drug-likeness (QED) is 0.733. The molecule has 1 saturated heterocycles. The Balaban J connectivity index is 1.92. The minimum Gasteiger partial charge on any atom is -0.362 e. The molecule has 0 radical (unpaired) electrons. The van der Waals surface area contributed by atoms with Gasteiger partial charge in [0.2, 0.25) is 5.91 Å². The van der Waals surface area contributed by atoms with Crippen molar-refractivity contribution in [1.29, 1.82) is 0 Å². The summed E-state index contributed by atoms with van der Waals surface area (Å²) in [4.78, 5) is 26.6. The van der Waals surface area contributed by atoms with Crippen LogP contribution >= 0.6 is 0 Å². The Bertz CT molecular complexity index is 681. The van der Waals surface area contributed by atoms with Gasteiger partial charge in [-0.2, -0.15) is 26.3 Å². The third-order valence-corrected chi connectivity index (χ3v) is 3.87. The van der Waals surface area contributed by atoms with E-state index in [1.54, 1.807) is 0 Å². The molecular formula is C16H16F6N2O3. The molecule has 0 spiro atoms. The molecule has 0 aliphatic carbocycles. The lowest BCUT2D eigenvalue weighted by atomic mass is 10.1. The Morgan fingerprint density at radius 1 is 0.926 bits per heavy atom. The lowest BCUT2D eigenvalue weighted by Crippen LogP contribution is -2.51. The van der Waals surface area contributed by atoms with E-state index in [2.05, 4.69) is 4.74 Å². The van der Waals surface area contributed by atoms with Crippen LogP contribution in [-0.4, -0.2) is 67.2 Å². The maximum Gasteiger partial charge on any atom is 0.417 e. The number of halogens is 6. The highest BCUT2D eigenvalue weighted by Gasteiger charge is 2.36. The number of hydrogen-bond donors (Lipinski definition) is 0. The minimum atomic E-state index is -4.68. The summed E-state index contributed by atoms with van der Waals surface area (Å²) in [5.74, 6) is -1.50. The van der Waals surface area contributed by atoms with Crippen LogP contribution in [0.3, 0.4) is 0 Å². The summed E-state index contributed by atoms with van der Waals surface area (Å²) < 4.78 is 79.3. The maximum absolute atomic E-state index is 13.0. The van der Waals surface area contributed by atoms with Crippen LogP contribution in [-0.2, 0) is 15.7 Å². The summed E-state index contributed by atoms with van der Waals surface area (Å²) in [6, 6.07) is 4.38. The second-order valence-electron chi connectivity index (χ2n) is 5.82. The van der Waals surface area contributed by atoms with Crippen molar-refractivity contribution in [3.05, 3.63) is 35.4 Å². The van der Waals surface area contributed by atoms with Crippen molar-refractivity contribution in [2.45, 2.75) is 12.4 Å². The lowest BCUT2D eigenvalue weighted by Gasteiger charge is -2.35. The molecule has 5 nitrogen and oxygen atoms in total. The Labute approximate surface area is 150 Å². The van der Waals surface area contributed by atoms with Gasteiger partial charge in [-0.15, -0.1) is 0 Å². The Morgan fingerprint density at radius 2 is 1.48 bits per heavy atom. The lowest BCUT2D eigenvalue weighted by molar-refractivity contribution is -0.178. The van der Waals surface area contributed by atoms with Crippen molar-refractivity contribution in [3.8, 4) is 0 Å². The normalized spacial score (nSPS) is 15.8. The number of piperazine rings is 1. The third-order valence-electron chi connectivity index (χ3n) is 3.87. The Hall–Kier alpha value is -2.30. The fourth-order valence-electron chi connectivity index (χ4n) is 2.59. The van der Waals surface area contributed by atoms with Gasteiger partial charge in [0.25, 0.3) is 5.91 Å². The third kappa shape index (κ3) is 5.84. The van der Waals surface area contributed by atoms with E-state index in [-0.39, 0.29) is 26.2 Å². The van der Waals surface area contributed by atoms with Crippen LogP contribution in [0.25, 0.3) is 0 Å². The molecule has 0 bridgehead atoms. The van der Waals surface area contributed by atoms with Crippen LogP contribution in [0.15, 0.2) is 24.3 Å². The number of hydrogen-bond acceptors (Lipinski definition) is 3. The molecule has 1 aromatic rings. The molecule has 2 rings (SSSR count). The summed E-state index contributed by atoms with van der Waals surface area (Å²) >= 11 is 0. The van der Waals surface area contributed by atoms with Crippen LogP contribution in [0.2, 0.25) is 0 Å². The summed E-state index contributed by atoms with van der Waals surface area (Å²) in [5.41, 5.74) is -1.53. The molecule has 0 unspecified atom stereocenters. The molecule has 1 heterocycles. The molecule has 11 heteroatoms. The first-order valence-corrected chi connectivity index (χ1v) is 7.87. The van der Waals surface area contributed by atoms with E-state index in [4.69, 9.17) is 0 Å². The van der Waals surface area contributed by atoms with Gasteiger partial charge >= 0.3 is 12.4 Å². The molecule has 0 N–H and O–H groups in total. The van der Waals surface area contributed by atoms with Crippen molar-refractivity contribution in [1.82, 2.24) is 9.80 Å². The largest absolute Gasteiger partial charge is 0.417 e. The first kappa shape index (κ1) is 21.0. The molecule has 0 aromatic heterocycles. The van der Waals surface area contributed by atoms with Gasteiger partial charge in [0.05, 0.1) is 11.1 Å². The summed E-state index contributed by atoms with van der Waals surface area (Å²) in [6.45, 7) is -2.38. The number of ether oxygens (including phenoxy) is 1. The smallest absolute Gasteiger partial charge is 0.362 e. The van der Waals surface area contributed by atoms with Gasteiger partial charge in [-0.05, 0) is 12.1 Å². The van der Waals surface area contributed by atoms with Gasteiger partial charge in [0.15, 0.2) is 0 Å². The van der Waals surface area contributed by atoms with Crippen LogP contribution in [0, 0.1) is 0 Å². The number of rotatable bonds is 4. The van der Waals surface area contributed by atoms with E-state index in [0.717, 1.165) is 12.1 Å². The van der Waals surface area contributed by atoms with E-state index >= 15 is 0 Å². The first-order chi connectivity index (χ1) is 12.5. The fraction of sp³-hybridized carbons (Fsp3) is 0.500. The zero-order valence-corrected chi connectivity index (χ0v) is 13.9. The molecule has 1 aromatic carbocycles. The van der Waals surface area contributed by atoms with Gasteiger partial charge in [-0.25, -0.2) is 0 Å². The predicted molar refractivity (Wildman–Crippen MR) is 80.8 cm³/mol. The minimum absolute atomic E-state index is 0.00582. The highest BCUT2D eigenvalue weighted by molar-refractivity contribution is 5.96. The highest BCUT2D eigenvalue weighted by Crippen LogP contribution is 2.32. The van der Waals surface area contributed by atoms with Gasteiger partial charge in [0, 0.05) is 26.2 Å². The van der Waals surface area contributed by atoms with E-state index < -0.39 is 48.5 Å². The van der Waals surface area contributed by atoms with Crippen molar-refractivity contribution in [2.75, 3.05) is 39.4 Å². The van der Waals surface area contributed by atoms with Crippen molar-refractivity contribution < 1.29 is 40.7 Å². The van der Waals surface area contributed by atoms with E-state index in [1.807, 2.05) is 0 Å². The van der Waals surface area contributed by atoms with Gasteiger partial charge in [0.1, 0.15) is 13.2 Å². The zero-order chi connectivity index (χ0) is 20.2. The number of alkyl halides is 6. The number of carbonyl (C=O) groups is 2. The second-order valence-corrected chi connectivity index (χ2v) is 5.82. The van der Waals surface area contributed by atoms with Gasteiger partial charge < -0.3 is 14.5 Å². The highest BCUT2D eigenvalue weighted by atomic mass is 19.4. The van der Waals surface area contributed by atoms with Gasteiger partial charge in [-0.1, -0.05) is 12.1 Å². The number of nitrogens with zero attached hydrogens (tertiary/aromatic N) is 2. The van der Waals surface area contributed by atoms with Crippen molar-refractivity contribution >= 4 is 11.8 Å². The average Bonchev–Trinajstić information content (AvgIpc) is 2.59. The van der Waals surface area contributed by atoms with Crippen LogP contribution in [0.4, 0.5) is 26.3 Å². The van der Waals surface area contributed by atoms with Crippen molar-refractivity contribution in [2.24, 2.45) is 0 Å². The molecule has 0 atom stereocenters. The topological polar surface area (TPSA) is 49.9 Å². The number of benzene rings is 1. The van der Waals surface area contributed by atoms with E-state index in [1.165, 1.54) is 21.9 Å². The van der Waals surface area contributed by atoms with Crippen LogP contribution < -0.4 is 0 Å². The van der Waals surface area contributed by atoms with E-state index in [0.29, 0.717) is 0 Å². The predicted octanol–water partition coefficient (Wildman–Crippen LogP) is 2.57. The first-order valence-electron chi connectivity index (χ1n) is 7.87. The Morgan fingerprint density at radius 3 is 2.04 bits per heavy atom. The fourth-order valence-corrected chi connectivity index (χ4v) is 2.59. The Kier molecular flexibility index (Phi) is 6.34. The van der Waals surface area contributed by atoms with Crippen LogP contribution in [0.5, 0.6) is 0 Å². The van der Waals surface area contributed by atoms with Crippen LogP contribution in [0.1, 0.15) is 15.9 Å². The molecule has 150 valence electrons. The maximum atomic E-state index is 13.0. The van der Waals surface area contributed by atoms with E-state index in [9.17, 15) is 35.9 Å². The summed E-state index contributed by atoms with van der Waals surface area (Å²) in [6.07, 6.45) is -9.23. The number of carbonyl (C=O) groups excluding carboxylic acids is 2. The molecule has 1 aliphatic rings. The standard InChI is InChI=1S/C16H16F6N2O3/c17-15(18,19)10-27-9-13(25)23-5-7-24(8-6-23)14(26)11-3-1-2-4-12(11)16(20,21)22/h1-4H,5-10H2. The molecule has 27 heavy (non-hydrogen) atoms. The average molecular weight is 398 g/mol. The van der Waals surface area contributed by atoms with Crippen molar-refractivity contribution in [3.63, 3.8) is 0 Å². The SMILES string of the molecule is O=C(COCC(F)(F)F)N1CCN(C(=O)c2ccccc2C(F)(F)F)CC1. The number of amides is 2.